The molecule has 1 unspecified atom stereocenters. The normalized spacial score (nSPS) is 15.7. The van der Waals surface area contributed by atoms with Gasteiger partial charge in [-0.05, 0) is 41.5 Å². The Morgan fingerprint density at radius 2 is 2.00 bits per heavy atom. The highest BCUT2D eigenvalue weighted by Crippen LogP contribution is 2.38. The number of nitrogens with zero attached hydrogens (tertiary/aromatic N) is 1. The van der Waals surface area contributed by atoms with Crippen LogP contribution in [0.1, 0.15) is 29.3 Å². The van der Waals surface area contributed by atoms with Crippen LogP contribution in [0.2, 0.25) is 10.0 Å². The molecule has 0 bridgehead atoms. The quantitative estimate of drug-likeness (QED) is 0.664. The number of aromatic nitrogens is 1. The van der Waals surface area contributed by atoms with E-state index in [1.807, 2.05) is 36.4 Å². The van der Waals surface area contributed by atoms with E-state index in [1.165, 1.54) is 0 Å². The molecule has 1 aliphatic rings. The van der Waals surface area contributed by atoms with Gasteiger partial charge in [-0.25, -0.2) is 4.79 Å². The summed E-state index contributed by atoms with van der Waals surface area (Å²) in [5.74, 6) is 0. The van der Waals surface area contributed by atoms with Crippen molar-refractivity contribution in [3.8, 4) is 0 Å². The Kier molecular flexibility index (Phi) is 4.70. The summed E-state index contributed by atoms with van der Waals surface area (Å²) in [5.41, 5.74) is 2.91. The van der Waals surface area contributed by atoms with Crippen LogP contribution in [0.3, 0.4) is 0 Å². The van der Waals surface area contributed by atoms with E-state index in [1.54, 1.807) is 12.3 Å². The Hall–Kier alpha value is -2.30. The molecule has 1 aliphatic carbocycles. The number of urea groups is 1. The Labute approximate surface area is 161 Å². The van der Waals surface area contributed by atoms with Crippen molar-refractivity contribution >= 4 is 40.0 Å². The lowest BCUT2D eigenvalue weighted by atomic mass is 10.1. The summed E-state index contributed by atoms with van der Waals surface area (Å²) in [5, 5.41) is 9.22. The zero-order valence-corrected chi connectivity index (χ0v) is 15.4. The summed E-state index contributed by atoms with van der Waals surface area (Å²) >= 11 is 12.3. The fourth-order valence-electron chi connectivity index (χ4n) is 3.48. The highest BCUT2D eigenvalue weighted by atomic mass is 35.5. The van der Waals surface area contributed by atoms with E-state index in [0.29, 0.717) is 16.6 Å². The predicted octanol–water partition coefficient (Wildman–Crippen LogP) is 5.03. The van der Waals surface area contributed by atoms with Gasteiger partial charge in [0.05, 0.1) is 28.3 Å². The van der Waals surface area contributed by atoms with Gasteiger partial charge in [-0.3, -0.25) is 4.98 Å². The van der Waals surface area contributed by atoms with Crippen molar-refractivity contribution in [1.82, 2.24) is 15.6 Å². The largest absolute Gasteiger partial charge is 0.332 e. The second-order valence-electron chi connectivity index (χ2n) is 6.33. The maximum absolute atomic E-state index is 12.4. The van der Waals surface area contributed by atoms with Crippen molar-refractivity contribution in [2.45, 2.75) is 25.4 Å². The summed E-state index contributed by atoms with van der Waals surface area (Å²) < 4.78 is 0. The zero-order valence-electron chi connectivity index (χ0n) is 13.9. The Morgan fingerprint density at radius 3 is 2.88 bits per heavy atom. The first kappa shape index (κ1) is 17.1. The number of rotatable bonds is 3. The number of fused-ring (bicyclic) bond motifs is 2. The predicted molar refractivity (Wildman–Crippen MR) is 105 cm³/mol. The summed E-state index contributed by atoms with van der Waals surface area (Å²) in [6.45, 7) is 0.369. The molecule has 4 rings (SSSR count). The topological polar surface area (TPSA) is 54.0 Å². The van der Waals surface area contributed by atoms with Gasteiger partial charge in [0, 0.05) is 11.6 Å². The van der Waals surface area contributed by atoms with Crippen LogP contribution in [0.5, 0.6) is 0 Å². The number of pyridine rings is 1. The summed E-state index contributed by atoms with van der Waals surface area (Å²) in [6.07, 6.45) is 3.39. The van der Waals surface area contributed by atoms with Gasteiger partial charge in [0.2, 0.25) is 0 Å². The molecule has 4 nitrogen and oxygen atoms in total. The monoisotopic (exact) mass is 385 g/mol. The molecule has 1 heterocycles. The van der Waals surface area contributed by atoms with Crippen LogP contribution in [-0.2, 0) is 13.0 Å². The number of hydrogen-bond donors (Lipinski definition) is 2. The van der Waals surface area contributed by atoms with Gasteiger partial charge < -0.3 is 10.6 Å². The number of halogens is 2. The van der Waals surface area contributed by atoms with Crippen LogP contribution in [-0.4, -0.2) is 11.0 Å². The van der Waals surface area contributed by atoms with Crippen LogP contribution < -0.4 is 10.6 Å². The minimum Gasteiger partial charge on any atom is -0.332 e. The van der Waals surface area contributed by atoms with Gasteiger partial charge in [0.1, 0.15) is 0 Å². The number of hydrogen-bond acceptors (Lipinski definition) is 2. The smallest absolute Gasteiger partial charge is 0.315 e. The van der Waals surface area contributed by atoms with Crippen molar-refractivity contribution in [2.24, 2.45) is 0 Å². The van der Waals surface area contributed by atoms with Crippen LogP contribution in [0.15, 0.2) is 48.7 Å². The molecule has 0 radical (unpaired) electrons. The average Bonchev–Trinajstić information content (AvgIpc) is 3.06. The molecule has 2 amide bonds. The molecule has 1 atom stereocenters. The van der Waals surface area contributed by atoms with Gasteiger partial charge in [0.25, 0.3) is 0 Å². The van der Waals surface area contributed by atoms with Crippen molar-refractivity contribution in [3.63, 3.8) is 0 Å². The van der Waals surface area contributed by atoms with Gasteiger partial charge in [-0.15, -0.1) is 0 Å². The summed E-state index contributed by atoms with van der Waals surface area (Å²) in [4.78, 5) is 16.8. The lowest BCUT2D eigenvalue weighted by Crippen LogP contribution is -2.37. The first-order valence-electron chi connectivity index (χ1n) is 8.47. The third kappa shape index (κ3) is 3.22. The fraction of sp³-hybridized carbons (Fsp3) is 0.200. The number of carbonyl (C=O) groups excluding carboxylic acids is 1. The SMILES string of the molecule is O=C(NCc1nccc2ccccc12)NC1CCc2c1ccc(Cl)c2Cl. The molecule has 1 aromatic heterocycles. The summed E-state index contributed by atoms with van der Waals surface area (Å²) in [7, 11) is 0. The standard InChI is InChI=1S/C20H17Cl2N3O/c21-16-7-5-14-15(19(16)22)6-8-17(14)25-20(26)24-11-18-13-4-2-1-3-12(13)9-10-23-18/h1-5,7,9-10,17H,6,8,11H2,(H2,24,25,26). The molecule has 0 saturated carbocycles. The Bertz CT molecular complexity index is 985. The van der Waals surface area contributed by atoms with Crippen molar-refractivity contribution < 1.29 is 4.79 Å². The molecule has 0 fully saturated rings. The maximum atomic E-state index is 12.4. The lowest BCUT2D eigenvalue weighted by Gasteiger charge is -2.15. The molecule has 0 aliphatic heterocycles. The average molecular weight is 386 g/mol. The molecular weight excluding hydrogens is 369 g/mol. The molecule has 2 aromatic carbocycles. The van der Waals surface area contributed by atoms with E-state index in [9.17, 15) is 4.79 Å². The Balaban J connectivity index is 1.44. The van der Waals surface area contributed by atoms with Crippen LogP contribution in [0.25, 0.3) is 10.8 Å². The lowest BCUT2D eigenvalue weighted by molar-refractivity contribution is 0.236. The van der Waals surface area contributed by atoms with Gasteiger partial charge in [-0.2, -0.15) is 0 Å². The van der Waals surface area contributed by atoms with Crippen LogP contribution in [0, 0.1) is 0 Å². The van der Waals surface area contributed by atoms with E-state index in [-0.39, 0.29) is 12.1 Å². The molecule has 2 N–H and O–H groups in total. The van der Waals surface area contributed by atoms with E-state index in [0.717, 1.165) is 40.4 Å². The highest BCUT2D eigenvalue weighted by Gasteiger charge is 2.26. The van der Waals surface area contributed by atoms with E-state index in [2.05, 4.69) is 15.6 Å². The minimum absolute atomic E-state index is 0.0553. The number of carbonyl (C=O) groups is 1. The molecule has 132 valence electrons. The zero-order chi connectivity index (χ0) is 18.1. The first-order valence-corrected chi connectivity index (χ1v) is 9.23. The Morgan fingerprint density at radius 1 is 1.15 bits per heavy atom. The second kappa shape index (κ2) is 7.14. The third-order valence-electron chi connectivity index (χ3n) is 4.77. The number of benzene rings is 2. The molecule has 3 aromatic rings. The minimum atomic E-state index is -0.219. The molecular formula is C20H17Cl2N3O. The number of nitrogens with one attached hydrogen (secondary N) is 2. The van der Waals surface area contributed by atoms with Crippen molar-refractivity contribution in [2.75, 3.05) is 0 Å². The van der Waals surface area contributed by atoms with Crippen LogP contribution >= 0.6 is 23.2 Å². The van der Waals surface area contributed by atoms with Crippen LogP contribution in [0.4, 0.5) is 4.79 Å². The van der Waals surface area contributed by atoms with Crippen molar-refractivity contribution in [3.05, 3.63) is 75.5 Å². The van der Waals surface area contributed by atoms with Gasteiger partial charge >= 0.3 is 6.03 Å². The maximum Gasteiger partial charge on any atom is 0.315 e. The van der Waals surface area contributed by atoms with E-state index < -0.39 is 0 Å². The second-order valence-corrected chi connectivity index (χ2v) is 7.11. The van der Waals surface area contributed by atoms with Gasteiger partial charge in [0.15, 0.2) is 0 Å². The summed E-state index contributed by atoms with van der Waals surface area (Å²) in [6, 6.07) is 13.4. The van der Waals surface area contributed by atoms with E-state index in [4.69, 9.17) is 23.2 Å². The fourth-order valence-corrected chi connectivity index (χ4v) is 3.92. The molecule has 0 saturated heterocycles. The number of amides is 2. The van der Waals surface area contributed by atoms with Gasteiger partial charge in [-0.1, -0.05) is 53.5 Å². The molecule has 0 spiro atoms. The molecule has 26 heavy (non-hydrogen) atoms. The van der Waals surface area contributed by atoms with E-state index >= 15 is 0 Å². The highest BCUT2D eigenvalue weighted by molar-refractivity contribution is 6.42. The van der Waals surface area contributed by atoms with Crippen molar-refractivity contribution in [1.29, 1.82) is 0 Å². The third-order valence-corrected chi connectivity index (χ3v) is 5.61. The first-order chi connectivity index (χ1) is 12.6. The molecule has 6 heteroatoms.